The molecule has 5 nitrogen and oxygen atoms in total. The molecule has 2 aliphatic rings. The average Bonchev–Trinajstić information content (AvgIpc) is 3.22. The lowest BCUT2D eigenvalue weighted by atomic mass is 10.2. The SMILES string of the molecule is CCc1cc2c(N3CCC(N4CCNCC4)C3)ncnc2s1. The summed E-state index contributed by atoms with van der Waals surface area (Å²) in [5.41, 5.74) is 0. The average molecular weight is 317 g/mol. The third-order valence-electron chi connectivity index (χ3n) is 4.84. The summed E-state index contributed by atoms with van der Waals surface area (Å²) in [6.45, 7) is 9.01. The van der Waals surface area contributed by atoms with Gasteiger partial charge in [0.25, 0.3) is 0 Å². The van der Waals surface area contributed by atoms with Gasteiger partial charge in [0.15, 0.2) is 0 Å². The Labute approximate surface area is 135 Å². The van der Waals surface area contributed by atoms with Crippen molar-refractivity contribution in [1.82, 2.24) is 20.2 Å². The van der Waals surface area contributed by atoms with Crippen LogP contribution in [0.2, 0.25) is 0 Å². The van der Waals surface area contributed by atoms with E-state index in [4.69, 9.17) is 0 Å². The Kier molecular flexibility index (Phi) is 3.98. The van der Waals surface area contributed by atoms with E-state index in [1.165, 1.54) is 29.8 Å². The number of fused-ring (bicyclic) bond motifs is 1. The van der Waals surface area contributed by atoms with Gasteiger partial charge in [-0.05, 0) is 18.9 Å². The van der Waals surface area contributed by atoms with Crippen molar-refractivity contribution in [1.29, 1.82) is 0 Å². The van der Waals surface area contributed by atoms with Gasteiger partial charge in [-0.1, -0.05) is 6.92 Å². The summed E-state index contributed by atoms with van der Waals surface area (Å²) < 4.78 is 0. The van der Waals surface area contributed by atoms with Crippen molar-refractivity contribution < 1.29 is 0 Å². The summed E-state index contributed by atoms with van der Waals surface area (Å²) in [6.07, 6.45) is 4.05. The van der Waals surface area contributed by atoms with Gasteiger partial charge in [-0.15, -0.1) is 11.3 Å². The minimum atomic E-state index is 0.677. The number of aryl methyl sites for hydroxylation is 1. The molecule has 1 atom stereocenters. The fourth-order valence-corrected chi connectivity index (χ4v) is 4.53. The number of rotatable bonds is 3. The van der Waals surface area contributed by atoms with Crippen LogP contribution in [0.1, 0.15) is 18.2 Å². The van der Waals surface area contributed by atoms with E-state index in [1.54, 1.807) is 17.7 Å². The van der Waals surface area contributed by atoms with Gasteiger partial charge in [-0.3, -0.25) is 4.90 Å². The summed E-state index contributed by atoms with van der Waals surface area (Å²) in [5.74, 6) is 1.14. The Morgan fingerprint density at radius 2 is 2.14 bits per heavy atom. The second-order valence-corrected chi connectivity index (χ2v) is 7.27. The summed E-state index contributed by atoms with van der Waals surface area (Å²) >= 11 is 1.80. The molecule has 2 aromatic rings. The predicted octanol–water partition coefficient (Wildman–Crippen LogP) is 1.74. The largest absolute Gasteiger partial charge is 0.354 e. The molecule has 0 aromatic carbocycles. The quantitative estimate of drug-likeness (QED) is 0.934. The van der Waals surface area contributed by atoms with Crippen LogP contribution in [-0.4, -0.2) is 60.2 Å². The second kappa shape index (κ2) is 6.10. The summed E-state index contributed by atoms with van der Waals surface area (Å²) in [5, 5.41) is 4.68. The molecule has 118 valence electrons. The smallest absolute Gasteiger partial charge is 0.140 e. The van der Waals surface area contributed by atoms with E-state index < -0.39 is 0 Å². The molecule has 1 unspecified atom stereocenters. The number of aromatic nitrogens is 2. The Morgan fingerprint density at radius 1 is 1.27 bits per heavy atom. The van der Waals surface area contributed by atoms with Gasteiger partial charge in [0.05, 0.1) is 5.39 Å². The maximum atomic E-state index is 4.61. The zero-order chi connectivity index (χ0) is 14.9. The van der Waals surface area contributed by atoms with Crippen LogP contribution in [0.4, 0.5) is 5.82 Å². The Bertz CT molecular complexity index is 649. The van der Waals surface area contributed by atoms with Gasteiger partial charge in [0, 0.05) is 50.2 Å². The minimum absolute atomic E-state index is 0.677. The highest BCUT2D eigenvalue weighted by molar-refractivity contribution is 7.18. The van der Waals surface area contributed by atoms with Crippen LogP contribution < -0.4 is 10.2 Å². The van der Waals surface area contributed by atoms with Crippen molar-refractivity contribution in [3.63, 3.8) is 0 Å². The molecule has 0 bridgehead atoms. The third kappa shape index (κ3) is 2.59. The van der Waals surface area contributed by atoms with E-state index in [1.807, 2.05) is 0 Å². The molecule has 0 aliphatic carbocycles. The van der Waals surface area contributed by atoms with Gasteiger partial charge in [0.2, 0.25) is 0 Å². The number of anilines is 1. The van der Waals surface area contributed by atoms with Gasteiger partial charge >= 0.3 is 0 Å². The van der Waals surface area contributed by atoms with E-state index in [-0.39, 0.29) is 0 Å². The van der Waals surface area contributed by atoms with Crippen molar-refractivity contribution in [3.05, 3.63) is 17.3 Å². The molecule has 0 radical (unpaired) electrons. The maximum Gasteiger partial charge on any atom is 0.140 e. The number of hydrogen-bond donors (Lipinski definition) is 1. The van der Waals surface area contributed by atoms with Crippen LogP contribution in [0.3, 0.4) is 0 Å². The molecule has 22 heavy (non-hydrogen) atoms. The molecule has 4 heterocycles. The molecule has 0 amide bonds. The van der Waals surface area contributed by atoms with Gasteiger partial charge in [-0.2, -0.15) is 0 Å². The first-order chi connectivity index (χ1) is 10.8. The lowest BCUT2D eigenvalue weighted by molar-refractivity contribution is 0.185. The van der Waals surface area contributed by atoms with Crippen LogP contribution in [0.25, 0.3) is 10.2 Å². The first-order valence-electron chi connectivity index (χ1n) is 8.28. The standard InChI is InChI=1S/C16H23N5S/c1-2-13-9-14-15(18-11-19-16(14)22-13)21-6-3-12(10-21)20-7-4-17-5-8-20/h9,11-12,17H,2-8,10H2,1H3. The van der Waals surface area contributed by atoms with E-state index in [2.05, 4.69) is 38.1 Å². The van der Waals surface area contributed by atoms with E-state index in [0.717, 1.165) is 43.2 Å². The van der Waals surface area contributed by atoms with E-state index in [9.17, 15) is 0 Å². The third-order valence-corrected chi connectivity index (χ3v) is 6.03. The number of nitrogens with zero attached hydrogens (tertiary/aromatic N) is 4. The maximum absolute atomic E-state index is 4.61. The van der Waals surface area contributed by atoms with Gasteiger partial charge < -0.3 is 10.2 Å². The van der Waals surface area contributed by atoms with Crippen LogP contribution in [-0.2, 0) is 6.42 Å². The first kappa shape index (κ1) is 14.4. The van der Waals surface area contributed by atoms with Crippen LogP contribution in [0.15, 0.2) is 12.4 Å². The normalized spacial score (nSPS) is 23.5. The van der Waals surface area contributed by atoms with Crippen molar-refractivity contribution in [2.24, 2.45) is 0 Å². The second-order valence-electron chi connectivity index (χ2n) is 6.16. The molecule has 0 spiro atoms. The van der Waals surface area contributed by atoms with E-state index >= 15 is 0 Å². The van der Waals surface area contributed by atoms with Gasteiger partial charge in [-0.25, -0.2) is 9.97 Å². The lowest BCUT2D eigenvalue weighted by Gasteiger charge is -2.32. The van der Waals surface area contributed by atoms with Crippen LogP contribution in [0, 0.1) is 0 Å². The van der Waals surface area contributed by atoms with Crippen molar-refractivity contribution >= 4 is 27.4 Å². The number of piperazine rings is 1. The van der Waals surface area contributed by atoms with Crippen LogP contribution >= 0.6 is 11.3 Å². The first-order valence-corrected chi connectivity index (χ1v) is 9.10. The number of hydrogen-bond acceptors (Lipinski definition) is 6. The zero-order valence-electron chi connectivity index (χ0n) is 13.1. The van der Waals surface area contributed by atoms with Gasteiger partial charge in [0.1, 0.15) is 17.0 Å². The predicted molar refractivity (Wildman–Crippen MR) is 91.9 cm³/mol. The molecule has 2 aliphatic heterocycles. The Morgan fingerprint density at radius 3 is 2.95 bits per heavy atom. The summed E-state index contributed by atoms with van der Waals surface area (Å²) in [4.78, 5) is 16.7. The zero-order valence-corrected chi connectivity index (χ0v) is 13.9. The molecule has 0 saturated carbocycles. The fourth-order valence-electron chi connectivity index (χ4n) is 3.60. The molecule has 2 saturated heterocycles. The molecule has 6 heteroatoms. The molecule has 4 rings (SSSR count). The molecule has 2 aromatic heterocycles. The Balaban J connectivity index is 1.56. The summed E-state index contributed by atoms with van der Waals surface area (Å²) in [7, 11) is 0. The molecular formula is C16H23N5S. The highest BCUT2D eigenvalue weighted by Crippen LogP contribution is 2.32. The van der Waals surface area contributed by atoms with Crippen molar-refractivity contribution in [2.75, 3.05) is 44.2 Å². The number of nitrogens with one attached hydrogen (secondary N) is 1. The van der Waals surface area contributed by atoms with Crippen molar-refractivity contribution in [2.45, 2.75) is 25.8 Å². The number of thiophene rings is 1. The minimum Gasteiger partial charge on any atom is -0.354 e. The van der Waals surface area contributed by atoms with Crippen LogP contribution in [0.5, 0.6) is 0 Å². The molecule has 1 N–H and O–H groups in total. The topological polar surface area (TPSA) is 44.3 Å². The fraction of sp³-hybridized carbons (Fsp3) is 0.625. The van der Waals surface area contributed by atoms with E-state index in [0.29, 0.717) is 6.04 Å². The highest BCUT2D eigenvalue weighted by Gasteiger charge is 2.30. The molecule has 2 fully saturated rings. The van der Waals surface area contributed by atoms with Crippen molar-refractivity contribution in [3.8, 4) is 0 Å². The molecular weight excluding hydrogens is 294 g/mol. The monoisotopic (exact) mass is 317 g/mol. The Hall–Kier alpha value is -1.24. The summed E-state index contributed by atoms with van der Waals surface area (Å²) in [6, 6.07) is 2.96. The highest BCUT2D eigenvalue weighted by atomic mass is 32.1. The lowest BCUT2D eigenvalue weighted by Crippen LogP contribution is -2.49.